The van der Waals surface area contributed by atoms with E-state index < -0.39 is 0 Å². The minimum Gasteiger partial charge on any atom is -0.409 e. The highest BCUT2D eigenvalue weighted by Gasteiger charge is 2.23. The largest absolute Gasteiger partial charge is 0.409 e. The molecule has 1 heterocycles. The Morgan fingerprint density at radius 2 is 2.28 bits per heavy atom. The van der Waals surface area contributed by atoms with Crippen molar-refractivity contribution in [3.8, 4) is 0 Å². The Balaban J connectivity index is 2.11. The Morgan fingerprint density at radius 3 is 2.94 bits per heavy atom. The van der Waals surface area contributed by atoms with Gasteiger partial charge in [0.05, 0.1) is 0 Å². The van der Waals surface area contributed by atoms with Crippen molar-refractivity contribution >= 4 is 5.84 Å². The van der Waals surface area contributed by atoms with Crippen molar-refractivity contribution in [2.75, 3.05) is 33.2 Å². The molecule has 5 heteroatoms. The maximum atomic E-state index is 8.44. The highest BCUT2D eigenvalue weighted by atomic mass is 16.4. The summed E-state index contributed by atoms with van der Waals surface area (Å²) in [7, 11) is 2.19. The molecule has 0 aliphatic carbocycles. The first-order chi connectivity index (χ1) is 8.67. The topological polar surface area (TPSA) is 65.1 Å². The Labute approximate surface area is 111 Å². The Hall–Kier alpha value is -0.810. The molecule has 1 fully saturated rings. The molecule has 3 N–H and O–H groups in total. The van der Waals surface area contributed by atoms with Crippen LogP contribution in [0.15, 0.2) is 5.16 Å². The maximum Gasteiger partial charge on any atom is 0.139 e. The molecule has 1 unspecified atom stereocenters. The second-order valence-corrected chi connectivity index (χ2v) is 5.24. The van der Waals surface area contributed by atoms with Crippen molar-refractivity contribution in [3.05, 3.63) is 0 Å². The van der Waals surface area contributed by atoms with Crippen molar-refractivity contribution < 1.29 is 5.21 Å². The minimum absolute atomic E-state index is 0.339. The Kier molecular flexibility index (Phi) is 7.05. The first-order valence-corrected chi connectivity index (χ1v) is 7.06. The van der Waals surface area contributed by atoms with E-state index in [-0.39, 0.29) is 0 Å². The van der Waals surface area contributed by atoms with Crippen molar-refractivity contribution in [2.45, 2.75) is 45.1 Å². The summed E-state index contributed by atoms with van der Waals surface area (Å²) in [5.41, 5.74) is 5.44. The lowest BCUT2D eigenvalue weighted by Gasteiger charge is -2.27. The van der Waals surface area contributed by atoms with Gasteiger partial charge in [-0.1, -0.05) is 12.1 Å². The third-order valence-corrected chi connectivity index (χ3v) is 3.78. The lowest BCUT2D eigenvalue weighted by molar-refractivity contribution is 0.197. The van der Waals surface area contributed by atoms with Gasteiger partial charge in [0.15, 0.2) is 0 Å². The van der Waals surface area contributed by atoms with Gasteiger partial charge in [0, 0.05) is 19.0 Å². The number of rotatable bonds is 8. The van der Waals surface area contributed by atoms with Crippen LogP contribution in [0.2, 0.25) is 0 Å². The second kappa shape index (κ2) is 8.32. The smallest absolute Gasteiger partial charge is 0.139 e. The number of hydrogen-bond acceptors (Lipinski definition) is 4. The van der Waals surface area contributed by atoms with E-state index in [1.165, 1.54) is 25.9 Å². The monoisotopic (exact) mass is 256 g/mol. The fourth-order valence-electron chi connectivity index (χ4n) is 2.71. The van der Waals surface area contributed by atoms with Gasteiger partial charge in [-0.3, -0.25) is 4.90 Å². The summed E-state index contributed by atoms with van der Waals surface area (Å²) in [5.74, 6) is 0.339. The molecule has 0 radical (unpaired) electrons. The van der Waals surface area contributed by atoms with Gasteiger partial charge in [0.1, 0.15) is 5.84 Å². The molecule has 0 saturated carbocycles. The third-order valence-electron chi connectivity index (χ3n) is 3.78. The van der Waals surface area contributed by atoms with E-state index in [2.05, 4.69) is 28.9 Å². The molecule has 0 aromatic heterocycles. The van der Waals surface area contributed by atoms with Gasteiger partial charge in [-0.25, -0.2) is 0 Å². The van der Waals surface area contributed by atoms with E-state index in [1.54, 1.807) is 0 Å². The summed E-state index contributed by atoms with van der Waals surface area (Å²) >= 11 is 0. The molecule has 1 saturated heterocycles. The summed E-state index contributed by atoms with van der Waals surface area (Å²) in [5, 5.41) is 11.4. The van der Waals surface area contributed by atoms with E-state index in [9.17, 15) is 0 Å². The van der Waals surface area contributed by atoms with Crippen LogP contribution >= 0.6 is 0 Å². The Morgan fingerprint density at radius 1 is 1.50 bits per heavy atom. The van der Waals surface area contributed by atoms with E-state index in [0.29, 0.717) is 12.3 Å². The summed E-state index contributed by atoms with van der Waals surface area (Å²) in [6.07, 6.45) is 5.46. The highest BCUT2D eigenvalue weighted by Crippen LogP contribution is 2.17. The summed E-state index contributed by atoms with van der Waals surface area (Å²) < 4.78 is 0. The van der Waals surface area contributed by atoms with Gasteiger partial charge in [0.25, 0.3) is 0 Å². The standard InChI is InChI=1S/C13H28N4O/c1-3-17-10-6-7-12(17)11-16(2)9-5-4-8-13(14)15-18/h12,18H,3-11H2,1-2H3,(H2,14,15). The normalized spacial score (nSPS) is 21.9. The van der Waals surface area contributed by atoms with Crippen molar-refractivity contribution in [2.24, 2.45) is 10.9 Å². The quantitative estimate of drug-likeness (QED) is 0.226. The van der Waals surface area contributed by atoms with Crippen LogP contribution in [0, 0.1) is 0 Å². The van der Waals surface area contributed by atoms with Gasteiger partial charge in [-0.15, -0.1) is 0 Å². The predicted molar refractivity (Wildman–Crippen MR) is 75.0 cm³/mol. The fourth-order valence-corrected chi connectivity index (χ4v) is 2.71. The molecule has 0 aromatic rings. The molecular formula is C13H28N4O. The number of likely N-dealkylation sites (N-methyl/N-ethyl adjacent to an activating group) is 2. The first kappa shape index (κ1) is 15.2. The number of oxime groups is 1. The van der Waals surface area contributed by atoms with E-state index in [1.807, 2.05) is 0 Å². The number of likely N-dealkylation sites (tertiary alicyclic amines) is 1. The molecule has 1 rings (SSSR count). The highest BCUT2D eigenvalue weighted by molar-refractivity contribution is 5.79. The van der Waals surface area contributed by atoms with Crippen LogP contribution in [0.1, 0.15) is 39.0 Å². The zero-order valence-electron chi connectivity index (χ0n) is 11.8. The fraction of sp³-hybridized carbons (Fsp3) is 0.923. The van der Waals surface area contributed by atoms with Crippen molar-refractivity contribution in [1.29, 1.82) is 0 Å². The van der Waals surface area contributed by atoms with Crippen molar-refractivity contribution in [1.82, 2.24) is 9.80 Å². The lowest BCUT2D eigenvalue weighted by atomic mass is 10.2. The molecule has 0 aromatic carbocycles. The number of unbranched alkanes of at least 4 members (excludes halogenated alkanes) is 1. The lowest BCUT2D eigenvalue weighted by Crippen LogP contribution is -2.39. The van der Waals surface area contributed by atoms with E-state index >= 15 is 0 Å². The number of nitrogens with zero attached hydrogens (tertiary/aromatic N) is 3. The molecule has 0 amide bonds. The summed E-state index contributed by atoms with van der Waals surface area (Å²) in [6.45, 7) is 6.93. The van der Waals surface area contributed by atoms with Gasteiger partial charge in [-0.05, 0) is 52.4 Å². The molecule has 0 spiro atoms. The van der Waals surface area contributed by atoms with Gasteiger partial charge in [0.2, 0.25) is 0 Å². The second-order valence-electron chi connectivity index (χ2n) is 5.24. The average Bonchev–Trinajstić information content (AvgIpc) is 2.81. The first-order valence-electron chi connectivity index (χ1n) is 7.06. The number of hydrogen-bond donors (Lipinski definition) is 2. The summed E-state index contributed by atoms with van der Waals surface area (Å²) in [6, 6.07) is 0.740. The van der Waals surface area contributed by atoms with Crippen LogP contribution in [-0.2, 0) is 0 Å². The molecule has 1 aliphatic heterocycles. The van der Waals surface area contributed by atoms with Crippen molar-refractivity contribution in [3.63, 3.8) is 0 Å². The third kappa shape index (κ3) is 5.23. The van der Waals surface area contributed by atoms with Crippen LogP contribution < -0.4 is 5.73 Å². The van der Waals surface area contributed by atoms with E-state index in [4.69, 9.17) is 10.9 Å². The SMILES string of the molecule is CCN1CCCC1CN(C)CCCC/C(N)=N/O. The van der Waals surface area contributed by atoms with Crippen LogP contribution in [-0.4, -0.2) is 60.1 Å². The zero-order valence-corrected chi connectivity index (χ0v) is 11.8. The van der Waals surface area contributed by atoms with Gasteiger partial charge in [-0.2, -0.15) is 0 Å². The van der Waals surface area contributed by atoms with Crippen LogP contribution in [0.3, 0.4) is 0 Å². The maximum absolute atomic E-state index is 8.44. The number of nitrogens with two attached hydrogens (primary N) is 1. The summed E-state index contributed by atoms with van der Waals surface area (Å²) in [4.78, 5) is 4.98. The van der Waals surface area contributed by atoms with Crippen LogP contribution in [0.4, 0.5) is 0 Å². The Bertz CT molecular complexity index is 257. The predicted octanol–water partition coefficient (Wildman–Crippen LogP) is 1.32. The minimum atomic E-state index is 0.339. The van der Waals surface area contributed by atoms with Gasteiger partial charge >= 0.3 is 0 Å². The number of amidine groups is 1. The molecular weight excluding hydrogens is 228 g/mol. The van der Waals surface area contributed by atoms with Crippen LogP contribution in [0.25, 0.3) is 0 Å². The average molecular weight is 256 g/mol. The molecule has 5 nitrogen and oxygen atoms in total. The molecule has 18 heavy (non-hydrogen) atoms. The molecule has 106 valence electrons. The van der Waals surface area contributed by atoms with E-state index in [0.717, 1.165) is 32.0 Å². The van der Waals surface area contributed by atoms with Gasteiger partial charge < -0.3 is 15.8 Å². The molecule has 1 atom stereocenters. The van der Waals surface area contributed by atoms with Crippen LogP contribution in [0.5, 0.6) is 0 Å². The molecule has 1 aliphatic rings. The zero-order chi connectivity index (χ0) is 13.4. The molecule has 0 bridgehead atoms.